The lowest BCUT2D eigenvalue weighted by Gasteiger charge is -2.38. The van der Waals surface area contributed by atoms with Gasteiger partial charge in [0.05, 0.1) is 0 Å². The number of hydrogen-bond donors (Lipinski definition) is 1. The van der Waals surface area contributed by atoms with Gasteiger partial charge in [-0.3, -0.25) is 4.90 Å². The molecule has 1 N–H and O–H groups in total. The lowest BCUT2D eigenvalue weighted by atomic mass is 10.1. The zero-order chi connectivity index (χ0) is 22.9. The predicted octanol–water partition coefficient (Wildman–Crippen LogP) is 3.46. The van der Waals surface area contributed by atoms with Gasteiger partial charge in [0.2, 0.25) is 0 Å². The van der Waals surface area contributed by atoms with E-state index >= 15 is 0 Å². The molecule has 2 aliphatic rings. The Kier molecular flexibility index (Phi) is 6.13. The molecule has 1 saturated heterocycles. The van der Waals surface area contributed by atoms with Crippen molar-refractivity contribution in [3.8, 4) is 5.75 Å². The summed E-state index contributed by atoms with van der Waals surface area (Å²) < 4.78 is 11.4. The van der Waals surface area contributed by atoms with E-state index in [0.717, 1.165) is 62.0 Å². The first-order valence-electron chi connectivity index (χ1n) is 11.9. The van der Waals surface area contributed by atoms with E-state index in [1.165, 1.54) is 16.8 Å². The van der Waals surface area contributed by atoms with Crippen molar-refractivity contribution >= 4 is 16.7 Å². The summed E-state index contributed by atoms with van der Waals surface area (Å²) in [5.74, 6) is 0.613. The second-order valence-corrected chi connectivity index (χ2v) is 9.35. The minimum Gasteiger partial charge on any atom is -0.491 e. The number of aryl methyl sites for hydroxylation is 3. The molecule has 6 heteroatoms. The number of benzene rings is 2. The molecule has 33 heavy (non-hydrogen) atoms. The van der Waals surface area contributed by atoms with Crippen molar-refractivity contribution in [2.45, 2.75) is 39.2 Å². The highest BCUT2D eigenvalue weighted by atomic mass is 16.5. The lowest BCUT2D eigenvalue weighted by Crippen LogP contribution is -2.49. The van der Waals surface area contributed by atoms with Crippen LogP contribution in [0.4, 0.5) is 5.69 Å². The molecule has 0 bridgehead atoms. The smallest absolute Gasteiger partial charge is 0.339 e. The molecule has 0 unspecified atom stereocenters. The highest BCUT2D eigenvalue weighted by molar-refractivity contribution is 5.83. The largest absolute Gasteiger partial charge is 0.491 e. The third-order valence-corrected chi connectivity index (χ3v) is 6.98. The van der Waals surface area contributed by atoms with Crippen LogP contribution in [0, 0.1) is 13.8 Å². The topological polar surface area (TPSA) is 66.2 Å². The van der Waals surface area contributed by atoms with Crippen LogP contribution in [0.1, 0.15) is 28.7 Å². The summed E-state index contributed by atoms with van der Waals surface area (Å²) in [6.45, 7) is 8.85. The van der Waals surface area contributed by atoms with E-state index in [1.807, 2.05) is 12.1 Å². The van der Waals surface area contributed by atoms with E-state index in [1.54, 1.807) is 6.07 Å². The second kappa shape index (κ2) is 9.20. The fourth-order valence-electron chi connectivity index (χ4n) is 5.36. The summed E-state index contributed by atoms with van der Waals surface area (Å²) in [6.07, 6.45) is 2.14. The molecule has 6 nitrogen and oxygen atoms in total. The average Bonchev–Trinajstić information content (AvgIpc) is 3.30. The van der Waals surface area contributed by atoms with Gasteiger partial charge in [-0.15, -0.1) is 0 Å². The first-order chi connectivity index (χ1) is 16.0. The van der Waals surface area contributed by atoms with Crippen LogP contribution in [0.15, 0.2) is 45.6 Å². The number of para-hydroxylation sites is 1. The molecule has 1 atom stereocenters. The van der Waals surface area contributed by atoms with Crippen molar-refractivity contribution < 1.29 is 14.3 Å². The standard InChI is InChI=1S/C27H32N2O4/c1-18-5-3-6-19(2)26(18)29-13-11-28(12-14-29)16-20(30)17-32-21-9-10-23-22-7-4-8-24(22)27(31)33-25(23)15-21/h3,5-6,9-10,15,20,30H,4,7-8,11-14,16-17H2,1-2H3/t20-/m1/s1. The zero-order valence-electron chi connectivity index (χ0n) is 19.5. The molecular formula is C27H32N2O4. The summed E-state index contributed by atoms with van der Waals surface area (Å²) in [6, 6.07) is 12.1. The van der Waals surface area contributed by atoms with Crippen LogP contribution >= 0.6 is 0 Å². The Balaban J connectivity index is 1.15. The number of hydrogen-bond acceptors (Lipinski definition) is 6. The Hall–Kier alpha value is -2.83. The second-order valence-electron chi connectivity index (χ2n) is 9.35. The van der Waals surface area contributed by atoms with Gasteiger partial charge in [-0.05, 0) is 61.9 Å². The maximum absolute atomic E-state index is 12.2. The van der Waals surface area contributed by atoms with Crippen LogP contribution < -0.4 is 15.3 Å². The number of aliphatic hydroxyl groups excluding tert-OH is 1. The molecule has 1 fully saturated rings. The van der Waals surface area contributed by atoms with E-state index < -0.39 is 6.10 Å². The lowest BCUT2D eigenvalue weighted by molar-refractivity contribution is 0.0663. The van der Waals surface area contributed by atoms with Crippen LogP contribution in [0.2, 0.25) is 0 Å². The third kappa shape index (κ3) is 4.50. The maximum Gasteiger partial charge on any atom is 0.339 e. The van der Waals surface area contributed by atoms with Gasteiger partial charge < -0.3 is 19.2 Å². The average molecular weight is 449 g/mol. The number of nitrogens with zero attached hydrogens (tertiary/aromatic N) is 2. The normalized spacial score (nSPS) is 17.4. The van der Waals surface area contributed by atoms with Crippen LogP contribution in [-0.2, 0) is 12.8 Å². The Morgan fingerprint density at radius 1 is 1.03 bits per heavy atom. The van der Waals surface area contributed by atoms with Gasteiger partial charge in [-0.25, -0.2) is 4.79 Å². The Morgan fingerprint density at radius 3 is 2.52 bits per heavy atom. The first-order valence-corrected chi connectivity index (χ1v) is 11.9. The van der Waals surface area contributed by atoms with Crippen molar-refractivity contribution in [3.05, 3.63) is 69.1 Å². The predicted molar refractivity (Wildman–Crippen MR) is 131 cm³/mol. The van der Waals surface area contributed by atoms with Crippen molar-refractivity contribution in [2.24, 2.45) is 0 Å². The fourth-order valence-corrected chi connectivity index (χ4v) is 5.36. The summed E-state index contributed by atoms with van der Waals surface area (Å²) in [7, 11) is 0. The van der Waals surface area contributed by atoms with Crippen LogP contribution in [0.25, 0.3) is 11.0 Å². The van der Waals surface area contributed by atoms with E-state index in [2.05, 4.69) is 41.8 Å². The van der Waals surface area contributed by atoms with Gasteiger partial charge in [0.25, 0.3) is 0 Å². The highest BCUT2D eigenvalue weighted by Crippen LogP contribution is 2.30. The molecular weight excluding hydrogens is 416 g/mol. The summed E-state index contributed by atoms with van der Waals surface area (Å²) in [4.78, 5) is 17.0. The quantitative estimate of drug-likeness (QED) is 0.583. The molecule has 0 saturated carbocycles. The van der Waals surface area contributed by atoms with E-state index in [0.29, 0.717) is 17.9 Å². The SMILES string of the molecule is Cc1cccc(C)c1N1CCN(C[C@@H](O)COc2ccc3c4c(c(=O)oc3c2)CCC4)CC1. The number of aliphatic hydroxyl groups is 1. The van der Waals surface area contributed by atoms with Crippen molar-refractivity contribution in [2.75, 3.05) is 44.2 Å². The molecule has 1 aliphatic carbocycles. The number of rotatable bonds is 6. The van der Waals surface area contributed by atoms with Crippen LogP contribution in [0.3, 0.4) is 0 Å². The molecule has 174 valence electrons. The van der Waals surface area contributed by atoms with Crippen molar-refractivity contribution in [1.82, 2.24) is 4.90 Å². The summed E-state index contributed by atoms with van der Waals surface area (Å²) >= 11 is 0. The number of fused-ring (bicyclic) bond motifs is 3. The first kappa shape index (κ1) is 22.0. The molecule has 5 rings (SSSR count). The van der Waals surface area contributed by atoms with Gasteiger partial charge in [0.1, 0.15) is 24.0 Å². The fraction of sp³-hybridized carbons (Fsp3) is 0.444. The monoisotopic (exact) mass is 448 g/mol. The number of piperazine rings is 1. The maximum atomic E-state index is 12.2. The third-order valence-electron chi connectivity index (χ3n) is 6.98. The van der Waals surface area contributed by atoms with Gasteiger partial charge in [0, 0.05) is 55.4 Å². The molecule has 1 aliphatic heterocycles. The molecule has 2 heterocycles. The minimum absolute atomic E-state index is 0.206. The molecule has 2 aromatic carbocycles. The number of ether oxygens (including phenoxy) is 1. The minimum atomic E-state index is -0.584. The molecule has 0 spiro atoms. The van der Waals surface area contributed by atoms with Gasteiger partial charge in [-0.2, -0.15) is 0 Å². The molecule has 0 amide bonds. The number of anilines is 1. The zero-order valence-corrected chi connectivity index (χ0v) is 19.5. The van der Waals surface area contributed by atoms with Crippen LogP contribution in [-0.4, -0.2) is 55.4 Å². The Morgan fingerprint density at radius 2 is 1.76 bits per heavy atom. The highest BCUT2D eigenvalue weighted by Gasteiger charge is 2.22. The van der Waals surface area contributed by atoms with Gasteiger partial charge in [-0.1, -0.05) is 18.2 Å². The van der Waals surface area contributed by atoms with E-state index in [4.69, 9.17) is 9.15 Å². The molecule has 0 radical (unpaired) electrons. The Bertz CT molecular complexity index is 1190. The van der Waals surface area contributed by atoms with E-state index in [9.17, 15) is 9.90 Å². The molecule has 3 aromatic rings. The summed E-state index contributed by atoms with van der Waals surface area (Å²) in [5.41, 5.74) is 6.25. The number of β-amino-alcohol motifs (C(OH)–C–C–N with tert-alkyl or cyclic N) is 1. The summed E-state index contributed by atoms with van der Waals surface area (Å²) in [5, 5.41) is 11.6. The van der Waals surface area contributed by atoms with E-state index in [-0.39, 0.29) is 12.2 Å². The van der Waals surface area contributed by atoms with Gasteiger partial charge >= 0.3 is 5.63 Å². The molecule has 1 aromatic heterocycles. The van der Waals surface area contributed by atoms with Crippen LogP contribution in [0.5, 0.6) is 5.75 Å². The van der Waals surface area contributed by atoms with Crippen molar-refractivity contribution in [3.63, 3.8) is 0 Å². The Labute approximate surface area is 194 Å². The van der Waals surface area contributed by atoms with Gasteiger partial charge in [0.15, 0.2) is 0 Å². The van der Waals surface area contributed by atoms with Crippen molar-refractivity contribution in [1.29, 1.82) is 0 Å².